The highest BCUT2D eigenvalue weighted by Gasteiger charge is 2.16. The number of thiophene rings is 1. The minimum Gasteiger partial charge on any atom is -0.352 e. The Morgan fingerprint density at radius 2 is 1.90 bits per heavy atom. The molecule has 31 heavy (non-hydrogen) atoms. The van der Waals surface area contributed by atoms with Crippen molar-refractivity contribution in [1.82, 2.24) is 30.4 Å². The van der Waals surface area contributed by atoms with Crippen molar-refractivity contribution in [1.29, 1.82) is 0 Å². The SMILES string of the molecule is CC(=O)c1ccc(-c2cncc3[nH]c(-c4n[nH]c5ccc(-c6cn[nH]c6)cc45)cc23)s1. The van der Waals surface area contributed by atoms with Crippen LogP contribution in [0.3, 0.4) is 0 Å². The molecule has 0 aliphatic rings. The Morgan fingerprint density at radius 3 is 2.71 bits per heavy atom. The first-order chi connectivity index (χ1) is 15.2. The van der Waals surface area contributed by atoms with Crippen LogP contribution in [0, 0.1) is 0 Å². The fourth-order valence-electron chi connectivity index (χ4n) is 3.85. The van der Waals surface area contributed by atoms with Gasteiger partial charge in [0, 0.05) is 39.2 Å². The van der Waals surface area contributed by atoms with E-state index in [9.17, 15) is 4.79 Å². The van der Waals surface area contributed by atoms with Crippen LogP contribution in [0.1, 0.15) is 16.6 Å². The third-order valence-electron chi connectivity index (χ3n) is 5.41. The highest BCUT2D eigenvalue weighted by molar-refractivity contribution is 7.17. The summed E-state index contributed by atoms with van der Waals surface area (Å²) < 4.78 is 0. The molecule has 6 aromatic rings. The maximum absolute atomic E-state index is 11.7. The average molecular weight is 424 g/mol. The van der Waals surface area contributed by atoms with Gasteiger partial charge >= 0.3 is 0 Å². The summed E-state index contributed by atoms with van der Waals surface area (Å²) in [5.74, 6) is 0.0718. The van der Waals surface area contributed by atoms with Crippen molar-refractivity contribution in [2.24, 2.45) is 0 Å². The smallest absolute Gasteiger partial charge is 0.169 e. The van der Waals surface area contributed by atoms with E-state index in [0.717, 1.165) is 59.6 Å². The summed E-state index contributed by atoms with van der Waals surface area (Å²) in [4.78, 5) is 21.3. The molecule has 0 amide bonds. The lowest BCUT2D eigenvalue weighted by molar-refractivity contribution is 0.102. The Bertz CT molecular complexity index is 1570. The number of Topliss-reactive ketones (excluding diaryl/α,β-unsaturated/α-hetero) is 1. The summed E-state index contributed by atoms with van der Waals surface area (Å²) in [7, 11) is 0. The number of benzene rings is 1. The van der Waals surface area contributed by atoms with E-state index in [2.05, 4.69) is 42.5 Å². The van der Waals surface area contributed by atoms with Crippen LogP contribution in [-0.4, -0.2) is 36.1 Å². The molecule has 5 heterocycles. The van der Waals surface area contributed by atoms with Gasteiger partial charge in [0.05, 0.1) is 34.0 Å². The summed E-state index contributed by atoms with van der Waals surface area (Å²) >= 11 is 1.48. The van der Waals surface area contributed by atoms with Crippen molar-refractivity contribution in [2.45, 2.75) is 6.92 Å². The van der Waals surface area contributed by atoms with Gasteiger partial charge in [0.1, 0.15) is 5.69 Å². The highest BCUT2D eigenvalue weighted by Crippen LogP contribution is 2.37. The van der Waals surface area contributed by atoms with Crippen LogP contribution >= 0.6 is 11.3 Å². The number of aromatic amines is 3. The first-order valence-electron chi connectivity index (χ1n) is 9.73. The molecule has 3 N–H and O–H groups in total. The van der Waals surface area contributed by atoms with E-state index >= 15 is 0 Å². The molecule has 0 aliphatic heterocycles. The van der Waals surface area contributed by atoms with Crippen LogP contribution in [-0.2, 0) is 0 Å². The maximum atomic E-state index is 11.7. The number of pyridine rings is 1. The van der Waals surface area contributed by atoms with Crippen LogP contribution in [0.5, 0.6) is 0 Å². The van der Waals surface area contributed by atoms with Crippen molar-refractivity contribution < 1.29 is 4.79 Å². The van der Waals surface area contributed by atoms with Crippen molar-refractivity contribution >= 4 is 38.9 Å². The molecule has 1 aromatic carbocycles. The lowest BCUT2D eigenvalue weighted by Gasteiger charge is -1.99. The first-order valence-corrected chi connectivity index (χ1v) is 10.5. The number of H-pyrrole nitrogens is 3. The van der Waals surface area contributed by atoms with E-state index < -0.39 is 0 Å². The first kappa shape index (κ1) is 17.8. The number of hydrogen-bond acceptors (Lipinski definition) is 5. The molecule has 0 atom stereocenters. The van der Waals surface area contributed by atoms with E-state index in [0.29, 0.717) is 0 Å². The van der Waals surface area contributed by atoms with Crippen LogP contribution in [0.4, 0.5) is 0 Å². The topological polar surface area (TPSA) is 103 Å². The van der Waals surface area contributed by atoms with E-state index in [1.807, 2.05) is 42.9 Å². The van der Waals surface area contributed by atoms with Crippen LogP contribution in [0.2, 0.25) is 0 Å². The third-order valence-corrected chi connectivity index (χ3v) is 6.63. The standard InChI is InChI=1S/C23H16N6OS/c1-12(30)21-4-5-22(31-21)17-10-24-11-20-15(17)7-19(27-20)23-16-6-13(14-8-25-26-9-14)2-3-18(16)28-29-23/h2-11,27H,1H3,(H,25,26)(H,28,29). The number of fused-ring (bicyclic) bond motifs is 2. The highest BCUT2D eigenvalue weighted by atomic mass is 32.1. The maximum Gasteiger partial charge on any atom is 0.169 e. The fourth-order valence-corrected chi connectivity index (χ4v) is 4.78. The zero-order valence-electron chi connectivity index (χ0n) is 16.4. The van der Waals surface area contributed by atoms with Crippen LogP contribution in [0.25, 0.3) is 54.8 Å². The van der Waals surface area contributed by atoms with E-state index in [-0.39, 0.29) is 5.78 Å². The molecule has 8 heteroatoms. The van der Waals surface area contributed by atoms with Gasteiger partial charge in [0.25, 0.3) is 0 Å². The number of carbonyl (C=O) groups excluding carboxylic acids is 1. The molecule has 0 spiro atoms. The van der Waals surface area contributed by atoms with Crippen molar-refractivity contribution in [3.63, 3.8) is 0 Å². The zero-order chi connectivity index (χ0) is 20.9. The number of ketones is 1. The molecule has 0 fully saturated rings. The van der Waals surface area contributed by atoms with E-state index in [4.69, 9.17) is 0 Å². The lowest BCUT2D eigenvalue weighted by Crippen LogP contribution is -1.83. The minimum absolute atomic E-state index is 0.0718. The molecule has 6 rings (SSSR count). The Kier molecular flexibility index (Phi) is 3.87. The molecule has 0 saturated carbocycles. The van der Waals surface area contributed by atoms with Crippen molar-refractivity contribution in [3.05, 3.63) is 66.1 Å². The second-order valence-electron chi connectivity index (χ2n) is 7.37. The molecule has 0 unspecified atom stereocenters. The average Bonchev–Trinajstić information content (AvgIpc) is 3.58. The van der Waals surface area contributed by atoms with Gasteiger partial charge in [0.2, 0.25) is 0 Å². The Morgan fingerprint density at radius 1 is 0.968 bits per heavy atom. The number of carbonyl (C=O) groups is 1. The number of rotatable bonds is 4. The Balaban J connectivity index is 1.50. The molecule has 7 nitrogen and oxygen atoms in total. The zero-order valence-corrected chi connectivity index (χ0v) is 17.2. The van der Waals surface area contributed by atoms with Gasteiger partial charge in [-0.1, -0.05) is 6.07 Å². The number of nitrogens with zero attached hydrogens (tertiary/aromatic N) is 3. The van der Waals surface area contributed by atoms with Gasteiger partial charge in [-0.3, -0.25) is 20.0 Å². The Labute approximate surface area is 180 Å². The second kappa shape index (κ2) is 6.75. The predicted octanol–water partition coefficient (Wildman–Crippen LogP) is 5.43. The molecular formula is C23H16N6OS. The summed E-state index contributed by atoms with van der Waals surface area (Å²) in [6.45, 7) is 1.59. The number of nitrogens with one attached hydrogen (secondary N) is 3. The lowest BCUT2D eigenvalue weighted by atomic mass is 10.1. The van der Waals surface area contributed by atoms with Crippen LogP contribution < -0.4 is 0 Å². The second-order valence-corrected chi connectivity index (χ2v) is 8.45. The van der Waals surface area contributed by atoms with E-state index in [1.54, 1.807) is 13.1 Å². The fraction of sp³-hybridized carbons (Fsp3) is 0.0435. The molecule has 0 aliphatic carbocycles. The molecule has 0 saturated heterocycles. The van der Waals surface area contributed by atoms with Gasteiger partial charge in [-0.15, -0.1) is 11.3 Å². The summed E-state index contributed by atoms with van der Waals surface area (Å²) in [5.41, 5.74) is 6.72. The quantitative estimate of drug-likeness (QED) is 0.328. The van der Waals surface area contributed by atoms with Crippen molar-refractivity contribution in [3.8, 4) is 33.0 Å². The molecule has 0 bridgehead atoms. The molecule has 5 aromatic heterocycles. The minimum atomic E-state index is 0.0718. The van der Waals surface area contributed by atoms with Gasteiger partial charge in [-0.2, -0.15) is 10.2 Å². The van der Waals surface area contributed by atoms with Gasteiger partial charge in [-0.25, -0.2) is 0 Å². The monoisotopic (exact) mass is 424 g/mol. The van der Waals surface area contributed by atoms with Crippen LogP contribution in [0.15, 0.2) is 61.2 Å². The molecular weight excluding hydrogens is 408 g/mol. The molecule has 0 radical (unpaired) electrons. The predicted molar refractivity (Wildman–Crippen MR) is 122 cm³/mol. The number of aromatic nitrogens is 6. The summed E-state index contributed by atoms with van der Waals surface area (Å²) in [6.07, 6.45) is 7.33. The Hall–Kier alpha value is -4.04. The van der Waals surface area contributed by atoms with Gasteiger partial charge < -0.3 is 4.98 Å². The van der Waals surface area contributed by atoms with Crippen molar-refractivity contribution in [2.75, 3.05) is 0 Å². The normalized spacial score (nSPS) is 11.5. The van der Waals surface area contributed by atoms with E-state index in [1.165, 1.54) is 11.3 Å². The number of hydrogen-bond donors (Lipinski definition) is 3. The van der Waals surface area contributed by atoms with Gasteiger partial charge in [0.15, 0.2) is 5.78 Å². The van der Waals surface area contributed by atoms with Gasteiger partial charge in [-0.05, 0) is 42.8 Å². The summed E-state index contributed by atoms with van der Waals surface area (Å²) in [6, 6.07) is 12.1. The third kappa shape index (κ3) is 2.88. The summed E-state index contributed by atoms with van der Waals surface area (Å²) in [5, 5.41) is 16.7. The molecule has 150 valence electrons. The largest absolute Gasteiger partial charge is 0.352 e.